The minimum Gasteiger partial charge on any atom is -0.344 e. The zero-order chi connectivity index (χ0) is 12.8. The zero-order valence-corrected chi connectivity index (χ0v) is 10.9. The van der Waals surface area contributed by atoms with E-state index >= 15 is 0 Å². The summed E-state index contributed by atoms with van der Waals surface area (Å²) in [6.07, 6.45) is 0. The molecule has 0 fully saturated rings. The third-order valence-corrected chi connectivity index (χ3v) is 3.80. The number of hydrogen-bond donors (Lipinski definition) is 2. The molecule has 0 atom stereocenters. The lowest BCUT2D eigenvalue weighted by Gasteiger charge is -2.05. The maximum atomic E-state index is 11.5. The molecular formula is C13H13N3O2S. The topological polar surface area (TPSA) is 108 Å². The molecule has 0 aliphatic rings. The van der Waals surface area contributed by atoms with Crippen molar-refractivity contribution in [3.8, 4) is 0 Å². The molecule has 0 radical (unpaired) electrons. The van der Waals surface area contributed by atoms with Gasteiger partial charge in [-0.25, -0.2) is 18.5 Å². The molecule has 5 N–H and O–H groups in total. The third-order valence-electron chi connectivity index (χ3n) is 2.83. The van der Waals surface area contributed by atoms with Crippen LogP contribution in [0.3, 0.4) is 0 Å². The second-order valence-corrected chi connectivity index (χ2v) is 5.58. The number of pyridine rings is 1. The van der Waals surface area contributed by atoms with Crippen molar-refractivity contribution >= 4 is 31.8 Å². The fraction of sp³-hybridized carbons (Fsp3) is 0. The molecule has 6 heteroatoms. The van der Waals surface area contributed by atoms with Crippen LogP contribution < -0.4 is 11.3 Å². The number of nitrogens with two attached hydrogens (primary N) is 1. The summed E-state index contributed by atoms with van der Waals surface area (Å²) in [5, 5.41) is 6.66. The predicted molar refractivity (Wildman–Crippen MR) is 75.6 cm³/mol. The Labute approximate surface area is 110 Å². The first-order chi connectivity index (χ1) is 8.55. The molecule has 98 valence electrons. The van der Waals surface area contributed by atoms with Crippen LogP contribution in [0.5, 0.6) is 0 Å². The van der Waals surface area contributed by atoms with Gasteiger partial charge in [-0.3, -0.25) is 0 Å². The van der Waals surface area contributed by atoms with Gasteiger partial charge < -0.3 is 6.15 Å². The third kappa shape index (κ3) is 2.28. The number of fused-ring (bicyclic) bond motifs is 2. The Bertz CT molecular complexity index is 860. The smallest absolute Gasteiger partial charge is 0.238 e. The number of benzene rings is 2. The minimum absolute atomic E-state index is 0. The van der Waals surface area contributed by atoms with Crippen molar-refractivity contribution in [1.29, 1.82) is 0 Å². The molecule has 0 bridgehead atoms. The average molecular weight is 275 g/mol. The van der Waals surface area contributed by atoms with Crippen LogP contribution in [-0.4, -0.2) is 13.4 Å². The van der Waals surface area contributed by atoms with Gasteiger partial charge in [-0.2, -0.15) is 0 Å². The zero-order valence-electron chi connectivity index (χ0n) is 10.1. The standard InChI is InChI=1S/C13H10N2O2S.H3N/c14-18(16,17)13-7-3-6-12-10(13)8-9-4-1-2-5-11(9)15-12;/h1-8H,(H2,14,16,17);1H3. The summed E-state index contributed by atoms with van der Waals surface area (Å²) in [4.78, 5) is 4.54. The molecule has 3 aromatic rings. The van der Waals surface area contributed by atoms with E-state index in [9.17, 15) is 8.42 Å². The van der Waals surface area contributed by atoms with E-state index in [4.69, 9.17) is 5.14 Å². The molecule has 0 saturated heterocycles. The van der Waals surface area contributed by atoms with Gasteiger partial charge in [0.15, 0.2) is 0 Å². The highest BCUT2D eigenvalue weighted by Crippen LogP contribution is 2.24. The van der Waals surface area contributed by atoms with Gasteiger partial charge in [0.05, 0.1) is 15.9 Å². The van der Waals surface area contributed by atoms with Crippen LogP contribution in [0.25, 0.3) is 21.8 Å². The van der Waals surface area contributed by atoms with Crippen LogP contribution in [0, 0.1) is 0 Å². The van der Waals surface area contributed by atoms with E-state index in [-0.39, 0.29) is 11.0 Å². The van der Waals surface area contributed by atoms with Crippen molar-refractivity contribution in [1.82, 2.24) is 11.1 Å². The Hall–Kier alpha value is -2.02. The van der Waals surface area contributed by atoms with Gasteiger partial charge in [0.25, 0.3) is 0 Å². The monoisotopic (exact) mass is 275 g/mol. The van der Waals surface area contributed by atoms with Crippen LogP contribution in [0.4, 0.5) is 0 Å². The van der Waals surface area contributed by atoms with E-state index in [2.05, 4.69) is 4.98 Å². The van der Waals surface area contributed by atoms with Gasteiger partial charge >= 0.3 is 0 Å². The Morgan fingerprint density at radius 3 is 2.37 bits per heavy atom. The second-order valence-electron chi connectivity index (χ2n) is 4.05. The molecule has 0 unspecified atom stereocenters. The molecule has 0 amide bonds. The quantitative estimate of drug-likeness (QED) is 0.663. The lowest BCUT2D eigenvalue weighted by Crippen LogP contribution is -2.12. The molecule has 2 aromatic carbocycles. The molecule has 19 heavy (non-hydrogen) atoms. The van der Waals surface area contributed by atoms with E-state index in [0.717, 1.165) is 10.9 Å². The summed E-state index contributed by atoms with van der Waals surface area (Å²) in [5.74, 6) is 0. The largest absolute Gasteiger partial charge is 0.344 e. The summed E-state index contributed by atoms with van der Waals surface area (Å²) in [7, 11) is -3.74. The average Bonchev–Trinajstić information content (AvgIpc) is 2.34. The number of primary sulfonamides is 1. The van der Waals surface area contributed by atoms with Crippen molar-refractivity contribution in [2.75, 3.05) is 0 Å². The summed E-state index contributed by atoms with van der Waals surface area (Å²) in [6, 6.07) is 14.3. The number of rotatable bonds is 1. The molecule has 0 spiro atoms. The van der Waals surface area contributed by atoms with Gasteiger partial charge in [-0.15, -0.1) is 0 Å². The minimum atomic E-state index is -3.74. The number of sulfonamides is 1. The van der Waals surface area contributed by atoms with Crippen LogP contribution in [0.2, 0.25) is 0 Å². The van der Waals surface area contributed by atoms with E-state index in [1.807, 2.05) is 24.3 Å². The van der Waals surface area contributed by atoms with Crippen LogP contribution in [0.1, 0.15) is 0 Å². The van der Waals surface area contributed by atoms with Crippen molar-refractivity contribution < 1.29 is 8.42 Å². The summed E-state index contributed by atoms with van der Waals surface area (Å²) in [6.45, 7) is 0. The van der Waals surface area contributed by atoms with Crippen LogP contribution in [-0.2, 0) is 10.0 Å². The highest BCUT2D eigenvalue weighted by Gasteiger charge is 2.13. The van der Waals surface area contributed by atoms with Crippen molar-refractivity contribution in [2.24, 2.45) is 5.14 Å². The van der Waals surface area contributed by atoms with Gasteiger partial charge in [0.2, 0.25) is 10.0 Å². The van der Waals surface area contributed by atoms with E-state index in [0.29, 0.717) is 10.9 Å². The molecular weight excluding hydrogens is 262 g/mol. The second kappa shape index (κ2) is 4.58. The molecule has 1 heterocycles. The number of para-hydroxylation sites is 1. The molecule has 5 nitrogen and oxygen atoms in total. The lowest BCUT2D eigenvalue weighted by atomic mass is 10.1. The number of aromatic nitrogens is 1. The normalized spacial score (nSPS) is 11.4. The maximum Gasteiger partial charge on any atom is 0.238 e. The first-order valence-corrected chi connectivity index (χ1v) is 6.92. The van der Waals surface area contributed by atoms with E-state index in [1.165, 1.54) is 6.07 Å². The molecule has 0 saturated carbocycles. The Morgan fingerprint density at radius 1 is 0.947 bits per heavy atom. The van der Waals surface area contributed by atoms with Gasteiger partial charge in [-0.05, 0) is 24.3 Å². The van der Waals surface area contributed by atoms with E-state index in [1.54, 1.807) is 18.2 Å². The molecule has 0 aliphatic heterocycles. The van der Waals surface area contributed by atoms with Crippen molar-refractivity contribution in [2.45, 2.75) is 4.90 Å². The fourth-order valence-corrected chi connectivity index (χ4v) is 2.76. The Kier molecular flexibility index (Phi) is 3.23. The Morgan fingerprint density at radius 2 is 1.63 bits per heavy atom. The lowest BCUT2D eigenvalue weighted by molar-refractivity contribution is 0.598. The SMILES string of the molecule is N.NS(=O)(=O)c1cccc2nc3ccccc3cc12. The molecule has 0 aliphatic carbocycles. The number of hydrogen-bond acceptors (Lipinski definition) is 4. The predicted octanol–water partition coefficient (Wildman–Crippen LogP) is 2.20. The highest BCUT2D eigenvalue weighted by atomic mass is 32.2. The fourth-order valence-electron chi connectivity index (χ4n) is 2.02. The van der Waals surface area contributed by atoms with Crippen molar-refractivity contribution in [3.63, 3.8) is 0 Å². The van der Waals surface area contributed by atoms with Gasteiger partial charge in [0.1, 0.15) is 0 Å². The Balaban J connectivity index is 0.00000133. The van der Waals surface area contributed by atoms with Crippen molar-refractivity contribution in [3.05, 3.63) is 48.5 Å². The van der Waals surface area contributed by atoms with E-state index < -0.39 is 10.0 Å². The van der Waals surface area contributed by atoms with Gasteiger partial charge in [-0.1, -0.05) is 24.3 Å². The summed E-state index contributed by atoms with van der Waals surface area (Å²) in [5.41, 5.74) is 1.46. The molecule has 1 aromatic heterocycles. The summed E-state index contributed by atoms with van der Waals surface area (Å²) >= 11 is 0. The molecule has 3 rings (SSSR count). The first-order valence-electron chi connectivity index (χ1n) is 5.37. The van der Waals surface area contributed by atoms with Crippen LogP contribution in [0.15, 0.2) is 53.4 Å². The number of nitrogens with zero attached hydrogens (tertiary/aromatic N) is 1. The first kappa shape index (κ1) is 13.4. The highest BCUT2D eigenvalue weighted by molar-refractivity contribution is 7.89. The van der Waals surface area contributed by atoms with Crippen LogP contribution >= 0.6 is 0 Å². The van der Waals surface area contributed by atoms with Gasteiger partial charge in [0, 0.05) is 10.8 Å². The maximum absolute atomic E-state index is 11.5. The summed E-state index contributed by atoms with van der Waals surface area (Å²) < 4.78 is 23.1.